The van der Waals surface area contributed by atoms with Crippen LogP contribution in [0.15, 0.2) is 71.6 Å². The number of nitrogens with zero attached hydrogens (tertiary/aromatic N) is 2. The summed E-state index contributed by atoms with van der Waals surface area (Å²) in [5.74, 6) is -0.399. The summed E-state index contributed by atoms with van der Waals surface area (Å²) in [4.78, 5) is 17.9. The van der Waals surface area contributed by atoms with Gasteiger partial charge in [-0.3, -0.25) is 14.4 Å². The predicted octanol–water partition coefficient (Wildman–Crippen LogP) is 7.09. The van der Waals surface area contributed by atoms with E-state index in [1.54, 1.807) is 13.0 Å². The molecule has 9 nitrogen and oxygen atoms in total. The van der Waals surface area contributed by atoms with Crippen LogP contribution in [0.4, 0.5) is 18.9 Å². The number of ether oxygens (including phenoxy) is 2. The summed E-state index contributed by atoms with van der Waals surface area (Å²) in [6.45, 7) is 6.71. The monoisotopic (exact) mass is 739 g/mol. The SMILES string of the molecule is C[C@@H]1CN([C@H](C)CO)C(=O)c2cc(NS(=O)(=O)c3ccc(Cl)cc3)ccc2O[C@@H](C)CCCCO[C@@H]1CN(C)Cc1ccc(C(F)(F)F)cc1. The molecular weight excluding hydrogens is 695 g/mol. The number of nitrogens with one attached hydrogen (secondary N) is 1. The predicted molar refractivity (Wildman–Crippen MR) is 187 cm³/mol. The van der Waals surface area contributed by atoms with Crippen molar-refractivity contribution in [3.05, 3.63) is 88.4 Å². The molecule has 0 bridgehead atoms. The number of amides is 1. The molecule has 1 aliphatic rings. The van der Waals surface area contributed by atoms with Gasteiger partial charge in [0.15, 0.2) is 0 Å². The largest absolute Gasteiger partial charge is 0.490 e. The number of hydrogen-bond donors (Lipinski definition) is 2. The molecule has 0 radical (unpaired) electrons. The van der Waals surface area contributed by atoms with Gasteiger partial charge in [-0.1, -0.05) is 30.7 Å². The number of anilines is 1. The van der Waals surface area contributed by atoms with Crippen molar-refractivity contribution in [3.8, 4) is 5.75 Å². The number of hydrogen-bond acceptors (Lipinski definition) is 7. The molecule has 0 fully saturated rings. The number of halogens is 4. The maximum Gasteiger partial charge on any atom is 0.416 e. The molecule has 1 amide bonds. The fourth-order valence-electron chi connectivity index (χ4n) is 5.76. The average molecular weight is 740 g/mol. The Kier molecular flexibility index (Phi) is 13.6. The first-order chi connectivity index (χ1) is 23.6. The second-order valence-electron chi connectivity index (χ2n) is 13.0. The lowest BCUT2D eigenvalue weighted by molar-refractivity contribution is -0.137. The van der Waals surface area contributed by atoms with Crippen molar-refractivity contribution in [1.82, 2.24) is 9.80 Å². The summed E-state index contributed by atoms with van der Waals surface area (Å²) < 4.78 is 80.7. The van der Waals surface area contributed by atoms with E-state index in [1.165, 1.54) is 53.4 Å². The molecule has 1 heterocycles. The minimum atomic E-state index is -4.41. The third-order valence-corrected chi connectivity index (χ3v) is 10.3. The average Bonchev–Trinajstić information content (AvgIpc) is 3.06. The standard InChI is InChI=1S/C36H45ClF3N3O6S/c1-24-20-43(25(2)23-44)35(45)32-19-30(41-50(46,47)31-15-12-29(37)13-16-31)14-17-33(32)49-26(3)7-5-6-18-48-34(24)22-42(4)21-27-8-10-28(11-9-27)36(38,39)40/h8-17,19,24-26,34,41,44H,5-7,18,20-23H2,1-4H3/t24-,25-,26+,34-/m1/s1. The molecule has 4 atom stereocenters. The van der Waals surface area contributed by atoms with Gasteiger partial charge in [0.1, 0.15) is 5.75 Å². The molecule has 3 aromatic carbocycles. The van der Waals surface area contributed by atoms with Crippen molar-refractivity contribution in [3.63, 3.8) is 0 Å². The van der Waals surface area contributed by atoms with Gasteiger partial charge in [-0.15, -0.1) is 0 Å². The van der Waals surface area contributed by atoms with Crippen LogP contribution in [0.1, 0.15) is 61.5 Å². The molecule has 4 rings (SSSR count). The highest BCUT2D eigenvalue weighted by atomic mass is 35.5. The van der Waals surface area contributed by atoms with Crippen molar-refractivity contribution in [2.24, 2.45) is 5.92 Å². The molecule has 274 valence electrons. The maximum atomic E-state index is 14.4. The molecule has 0 unspecified atom stereocenters. The van der Waals surface area contributed by atoms with Gasteiger partial charge in [0.25, 0.3) is 15.9 Å². The number of alkyl halides is 3. The Bertz CT molecular complexity index is 1680. The van der Waals surface area contributed by atoms with E-state index < -0.39 is 33.7 Å². The van der Waals surface area contributed by atoms with Gasteiger partial charge in [-0.25, -0.2) is 8.42 Å². The smallest absolute Gasteiger partial charge is 0.416 e. The molecule has 0 spiro atoms. The summed E-state index contributed by atoms with van der Waals surface area (Å²) in [6, 6.07) is 14.7. The molecule has 0 aromatic heterocycles. The zero-order valence-corrected chi connectivity index (χ0v) is 30.2. The van der Waals surface area contributed by atoms with E-state index in [2.05, 4.69) is 4.72 Å². The van der Waals surface area contributed by atoms with Crippen LogP contribution in [-0.4, -0.2) is 80.8 Å². The van der Waals surface area contributed by atoms with Gasteiger partial charge in [0, 0.05) is 42.9 Å². The normalized spacial score (nSPS) is 20.5. The van der Waals surface area contributed by atoms with E-state index in [0.717, 1.165) is 25.0 Å². The quantitative estimate of drug-likeness (QED) is 0.241. The number of fused-ring (bicyclic) bond motifs is 1. The summed E-state index contributed by atoms with van der Waals surface area (Å²) in [5.41, 5.74) is 0.296. The van der Waals surface area contributed by atoms with Crippen LogP contribution in [0.5, 0.6) is 5.75 Å². The lowest BCUT2D eigenvalue weighted by Crippen LogP contribution is -2.47. The molecule has 3 aromatic rings. The number of aliphatic hydroxyl groups excluding tert-OH is 1. The molecule has 50 heavy (non-hydrogen) atoms. The van der Waals surface area contributed by atoms with Crippen LogP contribution in [-0.2, 0) is 27.5 Å². The summed E-state index contributed by atoms with van der Waals surface area (Å²) >= 11 is 5.94. The van der Waals surface area contributed by atoms with Crippen LogP contribution in [0, 0.1) is 5.92 Å². The first kappa shape index (κ1) is 39.4. The number of carbonyl (C=O) groups is 1. The second-order valence-corrected chi connectivity index (χ2v) is 15.1. The van der Waals surface area contributed by atoms with Gasteiger partial charge >= 0.3 is 6.18 Å². The molecule has 0 saturated carbocycles. The van der Waals surface area contributed by atoms with E-state index >= 15 is 0 Å². The topological polar surface area (TPSA) is 108 Å². The van der Waals surface area contributed by atoms with E-state index in [1.807, 2.05) is 25.8 Å². The highest BCUT2D eigenvalue weighted by Gasteiger charge is 2.32. The first-order valence-corrected chi connectivity index (χ1v) is 18.4. The molecular formula is C36H45ClF3N3O6S. The molecule has 1 aliphatic heterocycles. The van der Waals surface area contributed by atoms with Crippen molar-refractivity contribution in [2.45, 2.75) is 75.9 Å². The van der Waals surface area contributed by atoms with E-state index in [-0.39, 0.29) is 47.4 Å². The van der Waals surface area contributed by atoms with Crippen molar-refractivity contribution in [1.29, 1.82) is 0 Å². The summed E-state index contributed by atoms with van der Waals surface area (Å²) in [7, 11) is -2.15. The molecule has 0 aliphatic carbocycles. The highest BCUT2D eigenvalue weighted by Crippen LogP contribution is 2.31. The maximum absolute atomic E-state index is 14.4. The molecule has 14 heteroatoms. The Hall–Kier alpha value is -3.36. The molecule has 2 N–H and O–H groups in total. The van der Waals surface area contributed by atoms with Crippen molar-refractivity contribution >= 4 is 33.2 Å². The zero-order chi connectivity index (χ0) is 36.6. The third-order valence-electron chi connectivity index (χ3n) is 8.65. The fraction of sp³-hybridized carbons (Fsp3) is 0.472. The van der Waals surface area contributed by atoms with Gasteiger partial charge in [-0.05, 0) is 100 Å². The number of rotatable bonds is 9. The van der Waals surface area contributed by atoms with E-state index in [4.69, 9.17) is 21.1 Å². The number of aliphatic hydroxyl groups is 1. The van der Waals surface area contributed by atoms with E-state index in [0.29, 0.717) is 42.5 Å². The molecule has 0 saturated heterocycles. The Morgan fingerprint density at radius 1 is 1.06 bits per heavy atom. The van der Waals surface area contributed by atoms with Gasteiger partial charge in [0.05, 0.1) is 40.9 Å². The van der Waals surface area contributed by atoms with Crippen LogP contribution < -0.4 is 9.46 Å². The number of likely N-dealkylation sites (N-methyl/N-ethyl adjacent to an activating group) is 1. The van der Waals surface area contributed by atoms with Crippen LogP contribution >= 0.6 is 11.6 Å². The summed E-state index contributed by atoms with van der Waals surface area (Å²) in [5, 5.41) is 10.6. The third kappa shape index (κ3) is 10.8. The number of benzene rings is 3. The second kappa shape index (κ2) is 17.2. The number of carbonyl (C=O) groups excluding carboxylic acids is 1. The minimum absolute atomic E-state index is 0.00290. The lowest BCUT2D eigenvalue weighted by Gasteiger charge is -2.36. The first-order valence-electron chi connectivity index (χ1n) is 16.5. The Balaban J connectivity index is 1.61. The van der Waals surface area contributed by atoms with Gasteiger partial charge < -0.3 is 19.5 Å². The Morgan fingerprint density at radius 3 is 2.38 bits per heavy atom. The van der Waals surface area contributed by atoms with Crippen molar-refractivity contribution < 1.29 is 41.0 Å². The van der Waals surface area contributed by atoms with E-state index in [9.17, 15) is 31.5 Å². The minimum Gasteiger partial charge on any atom is -0.490 e. The summed E-state index contributed by atoms with van der Waals surface area (Å²) in [6.07, 6.45) is -2.82. The zero-order valence-electron chi connectivity index (χ0n) is 28.6. The van der Waals surface area contributed by atoms with Crippen molar-refractivity contribution in [2.75, 3.05) is 38.1 Å². The Morgan fingerprint density at radius 2 is 1.74 bits per heavy atom. The van der Waals surface area contributed by atoms with Crippen LogP contribution in [0.2, 0.25) is 5.02 Å². The highest BCUT2D eigenvalue weighted by molar-refractivity contribution is 7.92. The number of sulfonamides is 1. The Labute approximate surface area is 297 Å². The van der Waals surface area contributed by atoms with Crippen LogP contribution in [0.25, 0.3) is 0 Å². The van der Waals surface area contributed by atoms with Gasteiger partial charge in [0.2, 0.25) is 0 Å². The lowest BCUT2D eigenvalue weighted by atomic mass is 10.0. The van der Waals surface area contributed by atoms with Gasteiger partial charge in [-0.2, -0.15) is 13.2 Å². The van der Waals surface area contributed by atoms with Crippen LogP contribution in [0.3, 0.4) is 0 Å². The fourth-order valence-corrected chi connectivity index (χ4v) is 6.93.